The fourth-order valence-corrected chi connectivity index (χ4v) is 2.61. The van der Waals surface area contributed by atoms with E-state index in [2.05, 4.69) is 15.6 Å². The summed E-state index contributed by atoms with van der Waals surface area (Å²) in [5.74, 6) is 0.0348. The van der Waals surface area contributed by atoms with Gasteiger partial charge in [0.25, 0.3) is 0 Å². The fourth-order valence-electron chi connectivity index (χ4n) is 2.61. The van der Waals surface area contributed by atoms with Crippen LogP contribution in [0.4, 0.5) is 0 Å². The van der Waals surface area contributed by atoms with Gasteiger partial charge in [0.2, 0.25) is 5.91 Å². The normalized spacial score (nSPS) is 21.5. The van der Waals surface area contributed by atoms with Gasteiger partial charge >= 0.3 is 0 Å². The Balaban J connectivity index is 2.12. The van der Waals surface area contributed by atoms with Gasteiger partial charge < -0.3 is 15.2 Å². The van der Waals surface area contributed by atoms with Crippen LogP contribution in [0.15, 0.2) is 12.5 Å². The van der Waals surface area contributed by atoms with Crippen LogP contribution in [0.2, 0.25) is 0 Å². The Morgan fingerprint density at radius 3 is 2.85 bits per heavy atom. The maximum absolute atomic E-state index is 12.3. The first-order valence-corrected chi connectivity index (χ1v) is 7.45. The molecule has 1 fully saturated rings. The van der Waals surface area contributed by atoms with Crippen LogP contribution in [-0.2, 0) is 4.79 Å². The van der Waals surface area contributed by atoms with E-state index in [1.165, 1.54) is 12.8 Å². The quantitative estimate of drug-likeness (QED) is 0.891. The lowest BCUT2D eigenvalue weighted by Crippen LogP contribution is -2.44. The highest BCUT2D eigenvalue weighted by molar-refractivity contribution is 5.80. The average molecular weight is 278 g/mol. The fraction of sp³-hybridized carbons (Fsp3) is 0.733. The Labute approximate surface area is 121 Å². The molecule has 0 bridgehead atoms. The Hall–Kier alpha value is -1.36. The van der Waals surface area contributed by atoms with Crippen LogP contribution in [0.1, 0.15) is 64.7 Å². The number of hydrogen-bond acceptors (Lipinski definition) is 3. The number of imidazole rings is 1. The molecule has 1 aliphatic rings. The lowest BCUT2D eigenvalue weighted by Gasteiger charge is -2.28. The van der Waals surface area contributed by atoms with Crippen molar-refractivity contribution in [2.75, 3.05) is 6.54 Å². The summed E-state index contributed by atoms with van der Waals surface area (Å²) in [5, 5.41) is 6.54. The van der Waals surface area contributed by atoms with Gasteiger partial charge in [0, 0.05) is 17.8 Å². The summed E-state index contributed by atoms with van der Waals surface area (Å²) in [7, 11) is 0. The number of nitrogens with zero attached hydrogens (tertiary/aromatic N) is 2. The topological polar surface area (TPSA) is 59.0 Å². The number of aromatic nitrogens is 2. The van der Waals surface area contributed by atoms with E-state index in [4.69, 9.17) is 0 Å². The van der Waals surface area contributed by atoms with Gasteiger partial charge in [0.1, 0.15) is 6.04 Å². The summed E-state index contributed by atoms with van der Waals surface area (Å²) < 4.78 is 1.99. The lowest BCUT2D eigenvalue weighted by atomic mass is 10.0. The van der Waals surface area contributed by atoms with E-state index in [-0.39, 0.29) is 17.5 Å². The third-order valence-electron chi connectivity index (χ3n) is 3.66. The van der Waals surface area contributed by atoms with Crippen molar-refractivity contribution >= 4 is 5.91 Å². The van der Waals surface area contributed by atoms with Gasteiger partial charge in [-0.05, 0) is 47.1 Å². The Bertz CT molecular complexity index is 455. The maximum atomic E-state index is 12.3. The molecule has 0 aliphatic carbocycles. The molecule has 0 aromatic carbocycles. The zero-order valence-electron chi connectivity index (χ0n) is 12.9. The van der Waals surface area contributed by atoms with Crippen LogP contribution in [0.5, 0.6) is 0 Å². The Morgan fingerprint density at radius 2 is 2.25 bits per heavy atom. The van der Waals surface area contributed by atoms with Crippen LogP contribution < -0.4 is 10.6 Å². The molecule has 20 heavy (non-hydrogen) atoms. The molecule has 0 spiro atoms. The van der Waals surface area contributed by atoms with Crippen molar-refractivity contribution in [2.45, 2.75) is 64.6 Å². The minimum atomic E-state index is -0.240. The SMILES string of the molecule is CC(C(=O)NC(C)(C)C)n1cncc1C1CCCCN1. The first kappa shape index (κ1) is 15.0. The number of hydrogen-bond donors (Lipinski definition) is 2. The summed E-state index contributed by atoms with van der Waals surface area (Å²) in [5.41, 5.74) is 0.899. The van der Waals surface area contributed by atoms with Gasteiger partial charge in [0.15, 0.2) is 0 Å². The van der Waals surface area contributed by atoms with Crippen molar-refractivity contribution in [3.63, 3.8) is 0 Å². The van der Waals surface area contributed by atoms with Gasteiger partial charge in [-0.25, -0.2) is 4.98 Å². The summed E-state index contributed by atoms with van der Waals surface area (Å²) in [6.07, 6.45) is 7.21. The van der Waals surface area contributed by atoms with Gasteiger partial charge in [-0.3, -0.25) is 4.79 Å². The molecule has 1 aromatic heterocycles. The number of piperidine rings is 1. The van der Waals surface area contributed by atoms with Gasteiger partial charge in [0.05, 0.1) is 12.0 Å². The minimum absolute atomic E-state index is 0.0348. The van der Waals surface area contributed by atoms with Crippen molar-refractivity contribution in [2.24, 2.45) is 0 Å². The molecule has 5 heteroatoms. The molecular formula is C15H26N4O. The Morgan fingerprint density at radius 1 is 1.50 bits per heavy atom. The second-order valence-corrected chi connectivity index (χ2v) is 6.64. The molecule has 1 aliphatic heterocycles. The van der Waals surface area contributed by atoms with Gasteiger partial charge in [-0.1, -0.05) is 6.42 Å². The standard InChI is InChI=1S/C15H26N4O/c1-11(14(20)18-15(2,3)4)19-10-16-9-13(19)12-7-5-6-8-17-12/h9-12,17H,5-8H2,1-4H3,(H,18,20). The third-order valence-corrected chi connectivity index (χ3v) is 3.66. The maximum Gasteiger partial charge on any atom is 0.243 e. The van der Waals surface area contributed by atoms with Crippen molar-refractivity contribution in [3.8, 4) is 0 Å². The van der Waals surface area contributed by atoms with Crippen molar-refractivity contribution in [3.05, 3.63) is 18.2 Å². The van der Waals surface area contributed by atoms with E-state index in [0.717, 1.165) is 18.7 Å². The molecule has 2 rings (SSSR count). The number of amides is 1. The second kappa shape index (κ2) is 5.95. The zero-order chi connectivity index (χ0) is 14.8. The average Bonchev–Trinajstić information content (AvgIpc) is 2.86. The molecule has 1 aromatic rings. The molecule has 2 atom stereocenters. The highest BCUT2D eigenvalue weighted by Crippen LogP contribution is 2.25. The first-order valence-electron chi connectivity index (χ1n) is 7.45. The summed E-state index contributed by atoms with van der Waals surface area (Å²) in [6, 6.07) is 0.0755. The van der Waals surface area contributed by atoms with E-state index in [9.17, 15) is 4.79 Å². The highest BCUT2D eigenvalue weighted by atomic mass is 16.2. The molecule has 1 saturated heterocycles. The van der Waals surface area contributed by atoms with Crippen molar-refractivity contribution in [1.29, 1.82) is 0 Å². The van der Waals surface area contributed by atoms with Crippen molar-refractivity contribution < 1.29 is 4.79 Å². The molecular weight excluding hydrogens is 252 g/mol. The lowest BCUT2D eigenvalue weighted by molar-refractivity contribution is -0.125. The van der Waals surface area contributed by atoms with Crippen LogP contribution in [0.25, 0.3) is 0 Å². The molecule has 0 saturated carbocycles. The van der Waals surface area contributed by atoms with Crippen LogP contribution in [0, 0.1) is 0 Å². The molecule has 2 unspecified atom stereocenters. The van der Waals surface area contributed by atoms with Crippen LogP contribution in [0.3, 0.4) is 0 Å². The van der Waals surface area contributed by atoms with Crippen LogP contribution >= 0.6 is 0 Å². The number of nitrogens with one attached hydrogen (secondary N) is 2. The van der Waals surface area contributed by atoms with Gasteiger partial charge in [-0.2, -0.15) is 0 Å². The number of carbonyl (C=O) groups excluding carboxylic acids is 1. The predicted molar refractivity (Wildman–Crippen MR) is 79.4 cm³/mol. The number of rotatable bonds is 3. The molecule has 112 valence electrons. The Kier molecular flexibility index (Phi) is 4.48. The predicted octanol–water partition coefficient (Wildman–Crippen LogP) is 2.17. The smallest absolute Gasteiger partial charge is 0.243 e. The largest absolute Gasteiger partial charge is 0.350 e. The van der Waals surface area contributed by atoms with E-state index < -0.39 is 0 Å². The minimum Gasteiger partial charge on any atom is -0.350 e. The second-order valence-electron chi connectivity index (χ2n) is 6.64. The van der Waals surface area contributed by atoms with E-state index in [1.807, 2.05) is 38.5 Å². The van der Waals surface area contributed by atoms with Crippen LogP contribution in [-0.4, -0.2) is 27.5 Å². The molecule has 2 heterocycles. The molecule has 5 nitrogen and oxygen atoms in total. The van der Waals surface area contributed by atoms with Crippen molar-refractivity contribution in [1.82, 2.24) is 20.2 Å². The first-order chi connectivity index (χ1) is 9.38. The van der Waals surface area contributed by atoms with E-state index in [0.29, 0.717) is 6.04 Å². The zero-order valence-corrected chi connectivity index (χ0v) is 12.9. The third kappa shape index (κ3) is 3.60. The number of carbonyl (C=O) groups is 1. The summed E-state index contributed by atoms with van der Waals surface area (Å²) in [4.78, 5) is 16.6. The molecule has 1 amide bonds. The summed E-state index contributed by atoms with van der Waals surface area (Å²) in [6.45, 7) is 8.95. The molecule has 2 N–H and O–H groups in total. The highest BCUT2D eigenvalue weighted by Gasteiger charge is 2.25. The monoisotopic (exact) mass is 278 g/mol. The van der Waals surface area contributed by atoms with Gasteiger partial charge in [-0.15, -0.1) is 0 Å². The summed E-state index contributed by atoms with van der Waals surface area (Å²) >= 11 is 0. The van der Waals surface area contributed by atoms with E-state index in [1.54, 1.807) is 6.33 Å². The molecule has 0 radical (unpaired) electrons. The van der Waals surface area contributed by atoms with E-state index >= 15 is 0 Å².